The highest BCUT2D eigenvalue weighted by Crippen LogP contribution is 2.37. The molecule has 3 aromatic carbocycles. The summed E-state index contributed by atoms with van der Waals surface area (Å²) in [4.78, 5) is 14.5. The lowest BCUT2D eigenvalue weighted by molar-refractivity contribution is 0.741. The standard InChI is InChI=1S/C29H26N4/c1-2-12-25-26(21-13-6-3-7-14-21)32-29(23-17-10-5-11-18-23)33-27(25)24-19-30-28(31-20-24)22-15-8-4-9-16-22/h3-11,13-20,26H,2,12H2,1H3,(H,32,33). The van der Waals surface area contributed by atoms with Crippen LogP contribution in [0.1, 0.15) is 42.5 Å². The number of hydrogen-bond acceptors (Lipinski definition) is 4. The zero-order valence-corrected chi connectivity index (χ0v) is 18.6. The van der Waals surface area contributed by atoms with E-state index in [1.165, 1.54) is 11.1 Å². The number of amidine groups is 1. The first-order valence-electron chi connectivity index (χ1n) is 11.4. The Morgan fingerprint density at radius 1 is 0.697 bits per heavy atom. The molecule has 1 aromatic heterocycles. The van der Waals surface area contributed by atoms with Crippen LogP contribution in [0.2, 0.25) is 0 Å². The Kier molecular flexibility index (Phi) is 6.07. The van der Waals surface area contributed by atoms with E-state index in [1.54, 1.807) is 0 Å². The second-order valence-electron chi connectivity index (χ2n) is 8.09. The van der Waals surface area contributed by atoms with Gasteiger partial charge in [-0.25, -0.2) is 9.97 Å². The second kappa shape index (κ2) is 9.61. The summed E-state index contributed by atoms with van der Waals surface area (Å²) in [6, 6.07) is 30.8. The highest BCUT2D eigenvalue weighted by Gasteiger charge is 2.27. The monoisotopic (exact) mass is 430 g/mol. The van der Waals surface area contributed by atoms with E-state index in [0.29, 0.717) is 0 Å². The highest BCUT2D eigenvalue weighted by atomic mass is 15.1. The molecule has 0 saturated heterocycles. The molecule has 4 heteroatoms. The van der Waals surface area contributed by atoms with Gasteiger partial charge in [-0.3, -0.25) is 4.99 Å². The van der Waals surface area contributed by atoms with Crippen LogP contribution in [0, 0.1) is 0 Å². The van der Waals surface area contributed by atoms with E-state index in [9.17, 15) is 0 Å². The van der Waals surface area contributed by atoms with Gasteiger partial charge in [0.25, 0.3) is 0 Å². The van der Waals surface area contributed by atoms with Crippen molar-refractivity contribution in [2.45, 2.75) is 25.8 Å². The Balaban J connectivity index is 1.61. The maximum absolute atomic E-state index is 5.17. The van der Waals surface area contributed by atoms with Crippen molar-refractivity contribution >= 4 is 11.5 Å². The maximum atomic E-state index is 5.17. The lowest BCUT2D eigenvalue weighted by Gasteiger charge is -2.29. The van der Waals surface area contributed by atoms with Gasteiger partial charge in [0.15, 0.2) is 5.82 Å². The number of rotatable bonds is 6. The molecule has 4 nitrogen and oxygen atoms in total. The number of nitrogens with zero attached hydrogens (tertiary/aromatic N) is 3. The van der Waals surface area contributed by atoms with Crippen LogP contribution in [0.5, 0.6) is 0 Å². The van der Waals surface area contributed by atoms with Gasteiger partial charge in [-0.15, -0.1) is 0 Å². The summed E-state index contributed by atoms with van der Waals surface area (Å²) in [6.45, 7) is 2.21. The summed E-state index contributed by atoms with van der Waals surface area (Å²) in [5.74, 6) is 1.59. The van der Waals surface area contributed by atoms with Gasteiger partial charge in [0.05, 0.1) is 5.70 Å². The zero-order chi connectivity index (χ0) is 22.5. The van der Waals surface area contributed by atoms with Crippen LogP contribution in [0.3, 0.4) is 0 Å². The molecule has 0 aliphatic carbocycles. The average molecular weight is 431 g/mol. The van der Waals surface area contributed by atoms with Crippen molar-refractivity contribution in [3.63, 3.8) is 0 Å². The van der Waals surface area contributed by atoms with Crippen molar-refractivity contribution in [1.82, 2.24) is 15.3 Å². The number of aromatic nitrogens is 2. The third-order valence-electron chi connectivity index (χ3n) is 5.81. The minimum Gasteiger partial charge on any atom is -0.339 e. The smallest absolute Gasteiger partial charge is 0.159 e. The first-order valence-corrected chi connectivity index (χ1v) is 11.4. The van der Waals surface area contributed by atoms with E-state index in [0.717, 1.165) is 46.9 Å². The molecule has 33 heavy (non-hydrogen) atoms. The summed E-state index contributed by atoms with van der Waals surface area (Å²) in [7, 11) is 0. The van der Waals surface area contributed by atoms with Crippen LogP contribution in [-0.4, -0.2) is 15.8 Å². The summed E-state index contributed by atoms with van der Waals surface area (Å²) in [6.07, 6.45) is 5.81. The van der Waals surface area contributed by atoms with Crippen molar-refractivity contribution in [3.8, 4) is 11.4 Å². The Morgan fingerprint density at radius 2 is 1.27 bits per heavy atom. The van der Waals surface area contributed by atoms with Crippen LogP contribution < -0.4 is 5.32 Å². The topological polar surface area (TPSA) is 50.2 Å². The number of nitrogens with one attached hydrogen (secondary N) is 1. The quantitative estimate of drug-likeness (QED) is 0.383. The number of benzene rings is 3. The Morgan fingerprint density at radius 3 is 1.88 bits per heavy atom. The molecule has 0 radical (unpaired) electrons. The molecule has 0 bridgehead atoms. The summed E-state index contributed by atoms with van der Waals surface area (Å²) >= 11 is 0. The Bertz CT molecular complexity index is 1260. The van der Waals surface area contributed by atoms with Crippen molar-refractivity contribution in [2.75, 3.05) is 0 Å². The fraction of sp³-hybridized carbons (Fsp3) is 0.138. The number of hydrogen-bond donors (Lipinski definition) is 1. The van der Waals surface area contributed by atoms with Crippen molar-refractivity contribution < 1.29 is 0 Å². The Labute approximate surface area is 194 Å². The Hall–Kier alpha value is -4.05. The van der Waals surface area contributed by atoms with Gasteiger partial charge in [0.1, 0.15) is 11.9 Å². The third-order valence-corrected chi connectivity index (χ3v) is 5.81. The lowest BCUT2D eigenvalue weighted by atomic mass is 9.90. The summed E-state index contributed by atoms with van der Waals surface area (Å²) in [5, 5.41) is 3.63. The summed E-state index contributed by atoms with van der Waals surface area (Å²) in [5.41, 5.74) is 6.56. The van der Waals surface area contributed by atoms with Crippen molar-refractivity contribution in [3.05, 3.63) is 126 Å². The van der Waals surface area contributed by atoms with E-state index >= 15 is 0 Å². The molecule has 4 aromatic rings. The van der Waals surface area contributed by atoms with Gasteiger partial charge in [-0.2, -0.15) is 0 Å². The normalized spacial score (nSPS) is 15.7. The fourth-order valence-corrected chi connectivity index (χ4v) is 4.21. The number of aliphatic imine (C=N–C) groups is 1. The van der Waals surface area contributed by atoms with E-state index in [2.05, 4.69) is 58.6 Å². The van der Waals surface area contributed by atoms with Gasteiger partial charge < -0.3 is 5.32 Å². The van der Waals surface area contributed by atoms with Crippen LogP contribution in [0.25, 0.3) is 17.1 Å². The average Bonchev–Trinajstić information content (AvgIpc) is 2.90. The molecule has 162 valence electrons. The van der Waals surface area contributed by atoms with Gasteiger partial charge in [0.2, 0.25) is 0 Å². The van der Waals surface area contributed by atoms with E-state index in [1.807, 2.05) is 67.0 Å². The van der Waals surface area contributed by atoms with E-state index < -0.39 is 0 Å². The van der Waals surface area contributed by atoms with E-state index in [-0.39, 0.29) is 6.04 Å². The van der Waals surface area contributed by atoms with E-state index in [4.69, 9.17) is 4.99 Å². The summed E-state index contributed by atoms with van der Waals surface area (Å²) < 4.78 is 0. The lowest BCUT2D eigenvalue weighted by Crippen LogP contribution is -2.30. The molecule has 1 atom stereocenters. The minimum absolute atomic E-state index is 0.0496. The van der Waals surface area contributed by atoms with Crippen LogP contribution in [0.15, 0.2) is 114 Å². The molecule has 2 heterocycles. The molecule has 1 N–H and O–H groups in total. The second-order valence-corrected chi connectivity index (χ2v) is 8.09. The molecule has 0 saturated carbocycles. The molecular weight excluding hydrogens is 404 g/mol. The highest BCUT2D eigenvalue weighted by molar-refractivity contribution is 6.05. The molecule has 0 amide bonds. The molecule has 1 aliphatic rings. The minimum atomic E-state index is -0.0496. The van der Waals surface area contributed by atoms with Gasteiger partial charge in [-0.05, 0) is 17.6 Å². The van der Waals surface area contributed by atoms with Crippen molar-refractivity contribution in [1.29, 1.82) is 0 Å². The molecular formula is C29H26N4. The predicted octanol–water partition coefficient (Wildman–Crippen LogP) is 6.45. The van der Waals surface area contributed by atoms with Crippen LogP contribution >= 0.6 is 0 Å². The molecule has 0 spiro atoms. The molecule has 1 unspecified atom stereocenters. The van der Waals surface area contributed by atoms with Crippen molar-refractivity contribution in [2.24, 2.45) is 4.99 Å². The molecule has 0 fully saturated rings. The first kappa shape index (κ1) is 20.8. The van der Waals surface area contributed by atoms with Crippen LogP contribution in [0.4, 0.5) is 0 Å². The predicted molar refractivity (Wildman–Crippen MR) is 135 cm³/mol. The van der Waals surface area contributed by atoms with Crippen LogP contribution in [-0.2, 0) is 0 Å². The van der Waals surface area contributed by atoms with Gasteiger partial charge >= 0.3 is 0 Å². The fourth-order valence-electron chi connectivity index (χ4n) is 4.21. The van der Waals surface area contributed by atoms with Gasteiger partial charge in [0, 0.05) is 29.1 Å². The maximum Gasteiger partial charge on any atom is 0.159 e. The molecule has 5 rings (SSSR count). The van der Waals surface area contributed by atoms with Gasteiger partial charge in [-0.1, -0.05) is 104 Å². The zero-order valence-electron chi connectivity index (χ0n) is 18.6. The SMILES string of the molecule is CCCC1=C(c2cnc(-c3ccccc3)nc2)NC(c2ccccc2)=NC1c1ccccc1. The third kappa shape index (κ3) is 4.46. The largest absolute Gasteiger partial charge is 0.339 e. The first-order chi connectivity index (χ1) is 16.3. The molecule has 1 aliphatic heterocycles.